The Kier molecular flexibility index (Phi) is 11.2. The van der Waals surface area contributed by atoms with Gasteiger partial charge in [-0.2, -0.15) is 0 Å². The highest BCUT2D eigenvalue weighted by Gasteiger charge is 2.54. The van der Waals surface area contributed by atoms with Crippen molar-refractivity contribution in [2.24, 2.45) is 11.8 Å². The van der Waals surface area contributed by atoms with Crippen LogP contribution in [0.4, 0.5) is 29.3 Å². The maximum atomic E-state index is 16.3. The number of piperidine rings is 1. The number of ether oxygens (including phenoxy) is 1. The van der Waals surface area contributed by atoms with Crippen LogP contribution in [0.2, 0.25) is 0 Å². The summed E-state index contributed by atoms with van der Waals surface area (Å²) < 4.78 is 78.3. The number of benzene rings is 3. The molecule has 4 aliphatic rings. The van der Waals surface area contributed by atoms with E-state index in [0.29, 0.717) is 18.8 Å². The van der Waals surface area contributed by atoms with Gasteiger partial charge in [-0.1, -0.05) is 24.6 Å². The van der Waals surface area contributed by atoms with Crippen molar-refractivity contribution in [2.45, 2.75) is 72.4 Å². The van der Waals surface area contributed by atoms with Gasteiger partial charge in [0, 0.05) is 37.2 Å². The molecule has 2 amide bonds. The molecule has 0 aromatic heterocycles. The number of likely N-dealkylation sites (tertiary alicyclic amines) is 2. The van der Waals surface area contributed by atoms with Gasteiger partial charge in [-0.15, -0.1) is 0 Å². The molecule has 3 aromatic rings. The van der Waals surface area contributed by atoms with E-state index in [2.05, 4.69) is 20.4 Å². The lowest BCUT2D eigenvalue weighted by atomic mass is 9.57. The van der Waals surface area contributed by atoms with Crippen LogP contribution in [0.25, 0.3) is 0 Å². The van der Waals surface area contributed by atoms with Crippen molar-refractivity contribution in [1.82, 2.24) is 15.1 Å². The second-order valence-electron chi connectivity index (χ2n) is 15.8. The summed E-state index contributed by atoms with van der Waals surface area (Å²) >= 11 is 0. The molecule has 3 saturated heterocycles. The van der Waals surface area contributed by atoms with Gasteiger partial charge in [0.05, 0.1) is 35.7 Å². The Morgan fingerprint density at radius 2 is 1.62 bits per heavy atom. The predicted molar refractivity (Wildman–Crippen MR) is 204 cm³/mol. The van der Waals surface area contributed by atoms with Crippen LogP contribution in [0.15, 0.2) is 76.5 Å². The molecule has 3 heterocycles. The van der Waals surface area contributed by atoms with Crippen LogP contribution in [0.5, 0.6) is 0 Å². The van der Waals surface area contributed by atoms with E-state index < -0.39 is 32.8 Å². The van der Waals surface area contributed by atoms with Gasteiger partial charge in [0.2, 0.25) is 15.7 Å². The molecule has 4 fully saturated rings. The van der Waals surface area contributed by atoms with E-state index in [-0.39, 0.29) is 64.7 Å². The fourth-order valence-electron chi connectivity index (χ4n) is 9.64. The molecule has 14 heteroatoms. The average molecular weight is 782 g/mol. The van der Waals surface area contributed by atoms with Gasteiger partial charge >= 0.3 is 6.09 Å². The molecule has 55 heavy (non-hydrogen) atoms. The number of alkyl carbamates (subject to hydrolysis) is 1. The number of halogens is 3. The number of nitrogens with one attached hydrogen (secondary N) is 2. The molecular weight excluding hydrogens is 732 g/mol. The van der Waals surface area contributed by atoms with Crippen LogP contribution in [-0.4, -0.2) is 101 Å². The molecule has 3 atom stereocenters. The van der Waals surface area contributed by atoms with E-state index in [4.69, 9.17) is 4.74 Å². The molecule has 3 aliphatic heterocycles. The van der Waals surface area contributed by atoms with Gasteiger partial charge in [-0.25, -0.2) is 26.4 Å². The number of amides is 2. The van der Waals surface area contributed by atoms with Crippen LogP contribution < -0.4 is 15.5 Å². The van der Waals surface area contributed by atoms with Gasteiger partial charge in [0.1, 0.15) is 11.6 Å². The molecule has 10 nitrogen and oxygen atoms in total. The zero-order valence-electron chi connectivity index (χ0n) is 31.4. The molecule has 0 bridgehead atoms. The summed E-state index contributed by atoms with van der Waals surface area (Å²) in [7, 11) is -2.72. The van der Waals surface area contributed by atoms with Crippen molar-refractivity contribution in [3.8, 4) is 0 Å². The normalized spacial score (nSPS) is 23.0. The van der Waals surface area contributed by atoms with E-state index in [1.807, 2.05) is 6.07 Å². The summed E-state index contributed by atoms with van der Waals surface area (Å²) in [5, 5.41) is 5.66. The summed E-state index contributed by atoms with van der Waals surface area (Å²) in [5.41, 5.74) is -0.606. The fourth-order valence-corrected chi connectivity index (χ4v) is 11.0. The van der Waals surface area contributed by atoms with Crippen LogP contribution in [0.1, 0.15) is 51.0 Å². The van der Waals surface area contributed by atoms with Crippen molar-refractivity contribution in [3.05, 3.63) is 83.9 Å². The number of anilines is 2. The van der Waals surface area contributed by atoms with Crippen LogP contribution >= 0.6 is 0 Å². The minimum absolute atomic E-state index is 0.0279. The molecular formula is C41H50F3N5O5S. The monoisotopic (exact) mass is 781 g/mol. The number of hydrogen-bond donors (Lipinski definition) is 2. The van der Waals surface area contributed by atoms with Gasteiger partial charge in [-0.3, -0.25) is 9.69 Å². The Morgan fingerprint density at radius 3 is 2.27 bits per heavy atom. The van der Waals surface area contributed by atoms with Crippen molar-refractivity contribution in [3.63, 3.8) is 0 Å². The summed E-state index contributed by atoms with van der Waals surface area (Å²) in [6, 6.07) is 16.3. The molecule has 3 aromatic carbocycles. The largest absolute Gasteiger partial charge is 0.453 e. The second kappa shape index (κ2) is 15.8. The summed E-state index contributed by atoms with van der Waals surface area (Å²) in [6.45, 7) is 5.47. The predicted octanol–water partition coefficient (Wildman–Crippen LogP) is 6.16. The third kappa shape index (κ3) is 8.08. The summed E-state index contributed by atoms with van der Waals surface area (Å²) in [4.78, 5) is 29.8. The Bertz CT molecular complexity index is 2000. The Labute approximate surface area is 321 Å². The zero-order valence-corrected chi connectivity index (χ0v) is 32.2. The molecule has 0 spiro atoms. The maximum absolute atomic E-state index is 16.3. The standard InChI is InChI=1S/C41H50F3N5O5S/c1-28(50)45-32-9-4-10-33(22-32)55(52,53)34-13-14-38(36(43)23-34)49-25-40(44,26-49)24-48-19-15-29(16-20-48)41(27-47-17-6-18-47,30-7-3-8-31(42)21-30)35-11-5-12-37(35)46-39(51)54-2/h3-4,7-10,13-14,21-23,29,35,37H,5-6,11-12,15-20,24-27H2,1-2H3,(H,45,50)(H,46,51)/t35-,37-,41-/m0/s1. The molecule has 1 aliphatic carbocycles. The number of methoxy groups -OCH3 is 1. The zero-order chi connectivity index (χ0) is 39.0. The lowest BCUT2D eigenvalue weighted by molar-refractivity contribution is -0.114. The number of carbonyl (C=O) groups excluding carboxylic acids is 2. The minimum atomic E-state index is -4.08. The first-order valence-corrected chi connectivity index (χ1v) is 20.7. The minimum Gasteiger partial charge on any atom is -0.453 e. The van der Waals surface area contributed by atoms with Crippen molar-refractivity contribution < 1.29 is 35.9 Å². The fraction of sp³-hybridized carbons (Fsp3) is 0.512. The first kappa shape index (κ1) is 39.1. The highest BCUT2D eigenvalue weighted by atomic mass is 32.2. The Hall–Kier alpha value is -4.14. The second-order valence-corrected chi connectivity index (χ2v) is 17.8. The molecule has 296 valence electrons. The smallest absolute Gasteiger partial charge is 0.407 e. The van der Waals surface area contributed by atoms with Crippen LogP contribution in [0, 0.1) is 23.5 Å². The molecule has 1 saturated carbocycles. The topological polar surface area (TPSA) is 111 Å². The van der Waals surface area contributed by atoms with Crippen molar-refractivity contribution in [2.75, 3.05) is 69.7 Å². The first-order valence-electron chi connectivity index (χ1n) is 19.2. The van der Waals surface area contributed by atoms with E-state index in [1.165, 1.54) is 50.4 Å². The molecule has 7 rings (SSSR count). The summed E-state index contributed by atoms with van der Waals surface area (Å²) in [5.74, 6) is -1.15. The van der Waals surface area contributed by atoms with E-state index in [0.717, 1.165) is 69.8 Å². The van der Waals surface area contributed by atoms with Crippen LogP contribution in [-0.2, 0) is 24.8 Å². The number of sulfone groups is 1. The highest BCUT2D eigenvalue weighted by Crippen LogP contribution is 2.52. The van der Waals surface area contributed by atoms with Gasteiger partial charge in [0.25, 0.3) is 0 Å². The van der Waals surface area contributed by atoms with Gasteiger partial charge < -0.3 is 25.2 Å². The van der Waals surface area contributed by atoms with Crippen molar-refractivity contribution >= 4 is 33.2 Å². The highest BCUT2D eigenvalue weighted by molar-refractivity contribution is 7.91. The number of nitrogens with zero attached hydrogens (tertiary/aromatic N) is 3. The third-order valence-electron chi connectivity index (χ3n) is 12.3. The Balaban J connectivity index is 1.03. The number of hydrogen-bond acceptors (Lipinski definition) is 8. The number of rotatable bonds is 12. The lowest BCUT2D eigenvalue weighted by Crippen LogP contribution is -2.65. The van der Waals surface area contributed by atoms with E-state index in [1.54, 1.807) is 23.1 Å². The number of carbonyl (C=O) groups is 2. The van der Waals surface area contributed by atoms with Crippen molar-refractivity contribution in [1.29, 1.82) is 0 Å². The molecule has 2 N–H and O–H groups in total. The van der Waals surface area contributed by atoms with Crippen LogP contribution in [0.3, 0.4) is 0 Å². The quantitative estimate of drug-likeness (QED) is 0.225. The lowest BCUT2D eigenvalue weighted by Gasteiger charge is -2.54. The maximum Gasteiger partial charge on any atom is 0.407 e. The van der Waals surface area contributed by atoms with E-state index >= 15 is 8.78 Å². The summed E-state index contributed by atoms with van der Waals surface area (Å²) in [6.07, 6.45) is 4.89. The SMILES string of the molecule is COC(=O)N[C@H]1CCC[C@@H]1[C@](CN1CCC1)(c1cccc(F)c1)C1CCN(CC2(F)CN(c3ccc(S(=O)(=O)c4cccc(NC(C)=O)c4)cc3F)C2)CC1. The van der Waals surface area contributed by atoms with Gasteiger partial charge in [0.15, 0.2) is 5.67 Å². The molecule has 0 radical (unpaired) electrons. The van der Waals surface area contributed by atoms with E-state index in [9.17, 15) is 22.4 Å². The molecule has 0 unspecified atom stereocenters. The third-order valence-corrected chi connectivity index (χ3v) is 14.0. The van der Waals surface area contributed by atoms with Gasteiger partial charge in [-0.05, 0) is 124 Å². The Morgan fingerprint density at radius 1 is 0.891 bits per heavy atom. The average Bonchev–Trinajstić information content (AvgIpc) is 3.59. The first-order chi connectivity index (χ1) is 26.3. The number of alkyl halides is 1.